The Morgan fingerprint density at radius 2 is 2.12 bits per heavy atom. The van der Waals surface area contributed by atoms with E-state index in [2.05, 4.69) is 5.32 Å². The van der Waals surface area contributed by atoms with Gasteiger partial charge in [-0.2, -0.15) is 0 Å². The van der Waals surface area contributed by atoms with Crippen molar-refractivity contribution >= 4 is 17.5 Å². The van der Waals surface area contributed by atoms with E-state index < -0.39 is 5.82 Å². The van der Waals surface area contributed by atoms with Crippen LogP contribution < -0.4 is 5.32 Å². The lowest BCUT2D eigenvalue weighted by Gasteiger charge is -2.21. The van der Waals surface area contributed by atoms with Crippen LogP contribution in [0, 0.1) is 11.7 Å². The van der Waals surface area contributed by atoms with E-state index in [1.165, 1.54) is 17.8 Å². The summed E-state index contributed by atoms with van der Waals surface area (Å²) in [6.07, 6.45) is 3.54. The van der Waals surface area contributed by atoms with Crippen LogP contribution in [0.15, 0.2) is 23.1 Å². The first-order chi connectivity index (χ1) is 8.22. The predicted octanol–water partition coefficient (Wildman–Crippen LogP) is 2.73. The van der Waals surface area contributed by atoms with Gasteiger partial charge in [0.05, 0.1) is 5.56 Å². The molecule has 2 nitrogen and oxygen atoms in total. The summed E-state index contributed by atoms with van der Waals surface area (Å²) < 4.78 is 13.7. The molecule has 92 valence electrons. The molecular formula is C13H16FNOS. The van der Waals surface area contributed by atoms with E-state index in [4.69, 9.17) is 0 Å². The van der Waals surface area contributed by atoms with Crippen LogP contribution in [0.2, 0.25) is 0 Å². The molecule has 1 aliphatic rings. The maximum Gasteiger partial charge on any atom is 0.169 e. The average Bonchev–Trinajstić information content (AvgIpc) is 2.39. The number of rotatable bonds is 3. The van der Waals surface area contributed by atoms with Gasteiger partial charge in [-0.15, -0.1) is 11.8 Å². The number of benzene rings is 1. The van der Waals surface area contributed by atoms with Crippen LogP contribution in [0.1, 0.15) is 23.2 Å². The number of hydrogen-bond donors (Lipinski definition) is 1. The lowest BCUT2D eigenvalue weighted by Crippen LogP contribution is -2.32. The number of Topliss-reactive ketones (excluding diaryl/α,β-unsaturated/α-hetero) is 1. The van der Waals surface area contributed by atoms with Crippen molar-refractivity contribution in [1.82, 2.24) is 5.32 Å². The Hall–Kier alpha value is -0.870. The third-order valence-corrected chi connectivity index (χ3v) is 3.87. The van der Waals surface area contributed by atoms with Crippen molar-refractivity contribution in [2.75, 3.05) is 19.3 Å². The molecule has 0 atom stereocenters. The molecule has 0 bridgehead atoms. The number of carbonyl (C=O) groups is 1. The molecule has 1 aromatic rings. The van der Waals surface area contributed by atoms with Gasteiger partial charge in [-0.1, -0.05) is 0 Å². The van der Waals surface area contributed by atoms with E-state index in [1.54, 1.807) is 12.1 Å². The molecule has 0 aromatic heterocycles. The van der Waals surface area contributed by atoms with Gasteiger partial charge < -0.3 is 5.32 Å². The highest BCUT2D eigenvalue weighted by molar-refractivity contribution is 7.98. The number of carbonyl (C=O) groups excluding carboxylic acids is 1. The van der Waals surface area contributed by atoms with E-state index in [0.29, 0.717) is 0 Å². The molecular weight excluding hydrogens is 237 g/mol. The van der Waals surface area contributed by atoms with Crippen LogP contribution in [-0.2, 0) is 0 Å². The molecule has 1 heterocycles. The number of ketones is 1. The highest BCUT2D eigenvalue weighted by Crippen LogP contribution is 2.24. The molecule has 1 aromatic carbocycles. The van der Waals surface area contributed by atoms with E-state index >= 15 is 0 Å². The molecule has 1 saturated heterocycles. The second kappa shape index (κ2) is 5.65. The minimum atomic E-state index is -0.397. The van der Waals surface area contributed by atoms with Crippen LogP contribution >= 0.6 is 11.8 Å². The maximum absolute atomic E-state index is 13.7. The summed E-state index contributed by atoms with van der Waals surface area (Å²) in [6, 6.07) is 4.77. The van der Waals surface area contributed by atoms with Gasteiger partial charge in [-0.3, -0.25) is 4.79 Å². The first kappa shape index (κ1) is 12.6. The summed E-state index contributed by atoms with van der Waals surface area (Å²) in [5.74, 6) is -0.464. The molecule has 2 rings (SSSR count). The van der Waals surface area contributed by atoms with Gasteiger partial charge in [0, 0.05) is 10.8 Å². The van der Waals surface area contributed by atoms with Crippen molar-refractivity contribution < 1.29 is 9.18 Å². The van der Waals surface area contributed by atoms with Gasteiger partial charge in [0.15, 0.2) is 5.78 Å². The zero-order valence-corrected chi connectivity index (χ0v) is 10.6. The minimum absolute atomic E-state index is 0.0251. The van der Waals surface area contributed by atoms with E-state index in [-0.39, 0.29) is 17.3 Å². The Bertz CT molecular complexity index is 416. The molecule has 1 N–H and O–H groups in total. The summed E-state index contributed by atoms with van der Waals surface area (Å²) in [5.41, 5.74) is 0.253. The summed E-state index contributed by atoms with van der Waals surface area (Å²) in [5, 5.41) is 3.21. The topological polar surface area (TPSA) is 29.1 Å². The number of thioether (sulfide) groups is 1. The highest BCUT2D eigenvalue weighted by atomic mass is 32.2. The standard InChI is InChI=1S/C13H16FNOS/c1-17-10-2-3-12(14)11(8-10)13(16)9-4-6-15-7-5-9/h2-3,8-9,15H,4-7H2,1H3. The molecule has 1 aliphatic heterocycles. The van der Waals surface area contributed by atoms with Crippen LogP contribution in [0.25, 0.3) is 0 Å². The van der Waals surface area contributed by atoms with Crippen molar-refractivity contribution in [3.05, 3.63) is 29.6 Å². The highest BCUT2D eigenvalue weighted by Gasteiger charge is 2.24. The van der Waals surface area contributed by atoms with Crippen molar-refractivity contribution in [3.63, 3.8) is 0 Å². The number of hydrogen-bond acceptors (Lipinski definition) is 3. The van der Waals surface area contributed by atoms with Gasteiger partial charge >= 0.3 is 0 Å². The normalized spacial score (nSPS) is 17.1. The first-order valence-electron chi connectivity index (χ1n) is 5.81. The fraction of sp³-hybridized carbons (Fsp3) is 0.462. The smallest absolute Gasteiger partial charge is 0.169 e. The van der Waals surface area contributed by atoms with Crippen molar-refractivity contribution in [1.29, 1.82) is 0 Å². The van der Waals surface area contributed by atoms with Gasteiger partial charge in [-0.05, 0) is 50.4 Å². The number of nitrogens with one attached hydrogen (secondary N) is 1. The van der Waals surface area contributed by atoms with E-state index in [9.17, 15) is 9.18 Å². The van der Waals surface area contributed by atoms with Crippen molar-refractivity contribution in [3.8, 4) is 0 Å². The maximum atomic E-state index is 13.7. The monoisotopic (exact) mass is 253 g/mol. The molecule has 4 heteroatoms. The van der Waals surface area contributed by atoms with Crippen LogP contribution in [0.4, 0.5) is 4.39 Å². The predicted molar refractivity (Wildman–Crippen MR) is 68.1 cm³/mol. The molecule has 0 saturated carbocycles. The fourth-order valence-electron chi connectivity index (χ4n) is 2.12. The van der Waals surface area contributed by atoms with Gasteiger partial charge in [0.25, 0.3) is 0 Å². The summed E-state index contributed by atoms with van der Waals surface area (Å²) in [6.45, 7) is 1.69. The van der Waals surface area contributed by atoms with Crippen molar-refractivity contribution in [2.45, 2.75) is 17.7 Å². The third-order valence-electron chi connectivity index (χ3n) is 3.15. The Morgan fingerprint density at radius 1 is 1.41 bits per heavy atom. The Morgan fingerprint density at radius 3 is 2.76 bits per heavy atom. The fourth-order valence-corrected chi connectivity index (χ4v) is 2.56. The lowest BCUT2D eigenvalue weighted by molar-refractivity contribution is 0.0890. The summed E-state index contributed by atoms with van der Waals surface area (Å²) >= 11 is 1.52. The molecule has 0 unspecified atom stereocenters. The van der Waals surface area contributed by atoms with Crippen LogP contribution in [0.5, 0.6) is 0 Å². The molecule has 1 fully saturated rings. The van der Waals surface area contributed by atoms with Gasteiger partial charge in [-0.25, -0.2) is 4.39 Å². The Labute approximate surface area is 105 Å². The minimum Gasteiger partial charge on any atom is -0.317 e. The van der Waals surface area contributed by atoms with Crippen molar-refractivity contribution in [2.24, 2.45) is 5.92 Å². The molecule has 0 radical (unpaired) electrons. The largest absolute Gasteiger partial charge is 0.317 e. The zero-order chi connectivity index (χ0) is 12.3. The second-order valence-corrected chi connectivity index (χ2v) is 5.11. The van der Waals surface area contributed by atoms with Gasteiger partial charge in [0.2, 0.25) is 0 Å². The van der Waals surface area contributed by atoms with E-state index in [1.807, 2.05) is 6.26 Å². The number of piperidine rings is 1. The Balaban J connectivity index is 2.22. The third kappa shape index (κ3) is 2.87. The SMILES string of the molecule is CSc1ccc(F)c(C(=O)C2CCNCC2)c1. The van der Waals surface area contributed by atoms with Gasteiger partial charge in [0.1, 0.15) is 5.82 Å². The quantitative estimate of drug-likeness (QED) is 0.663. The summed E-state index contributed by atoms with van der Waals surface area (Å²) in [4.78, 5) is 13.1. The lowest BCUT2D eigenvalue weighted by atomic mass is 9.89. The first-order valence-corrected chi connectivity index (χ1v) is 7.03. The second-order valence-electron chi connectivity index (χ2n) is 4.23. The molecule has 0 amide bonds. The Kier molecular flexibility index (Phi) is 4.18. The average molecular weight is 253 g/mol. The molecule has 0 spiro atoms. The molecule has 0 aliphatic carbocycles. The zero-order valence-electron chi connectivity index (χ0n) is 9.83. The molecule has 17 heavy (non-hydrogen) atoms. The summed E-state index contributed by atoms with van der Waals surface area (Å²) in [7, 11) is 0. The number of halogens is 1. The van der Waals surface area contributed by atoms with E-state index in [0.717, 1.165) is 30.8 Å². The van der Waals surface area contributed by atoms with Crippen LogP contribution in [0.3, 0.4) is 0 Å². The van der Waals surface area contributed by atoms with Crippen LogP contribution in [-0.4, -0.2) is 25.1 Å².